The summed E-state index contributed by atoms with van der Waals surface area (Å²) in [5.74, 6) is -0.0360. The summed E-state index contributed by atoms with van der Waals surface area (Å²) in [7, 11) is 0. The molecule has 1 aliphatic heterocycles. The number of carbonyl (C=O) groups is 1. The number of hydrogen-bond acceptors (Lipinski definition) is 6. The molecule has 0 saturated carbocycles. The number of aromatic nitrogens is 1. The lowest BCUT2D eigenvalue weighted by Gasteiger charge is -2.34. The highest BCUT2D eigenvalue weighted by atomic mass is 32.1. The minimum Gasteiger partial charge on any atom is -0.297 e. The summed E-state index contributed by atoms with van der Waals surface area (Å²) in [6.07, 6.45) is 0. The Balaban J connectivity index is 1.33. The van der Waals surface area contributed by atoms with Crippen LogP contribution >= 0.6 is 11.3 Å². The molecular weight excluding hydrogens is 418 g/mol. The molecule has 6 nitrogen and oxygen atoms in total. The fourth-order valence-corrected chi connectivity index (χ4v) is 4.75. The van der Waals surface area contributed by atoms with E-state index in [4.69, 9.17) is 10.2 Å². The molecule has 2 heterocycles. The van der Waals surface area contributed by atoms with Crippen LogP contribution in [-0.2, 0) is 17.9 Å². The molecule has 0 N–H and O–H groups in total. The summed E-state index contributed by atoms with van der Waals surface area (Å²) >= 11 is 1.51. The van der Waals surface area contributed by atoms with Crippen molar-refractivity contribution in [1.29, 1.82) is 5.26 Å². The van der Waals surface area contributed by atoms with E-state index in [1.807, 2.05) is 55.5 Å². The third kappa shape index (κ3) is 5.40. The number of amides is 1. The number of thiazole rings is 1. The summed E-state index contributed by atoms with van der Waals surface area (Å²) in [5, 5.41) is 11.7. The van der Waals surface area contributed by atoms with Gasteiger partial charge in [-0.15, -0.1) is 11.3 Å². The molecule has 32 heavy (non-hydrogen) atoms. The van der Waals surface area contributed by atoms with Gasteiger partial charge in [-0.25, -0.2) is 4.98 Å². The first kappa shape index (κ1) is 22.2. The molecule has 0 unspecified atom stereocenters. The van der Waals surface area contributed by atoms with Crippen molar-refractivity contribution in [2.75, 3.05) is 31.1 Å². The maximum absolute atomic E-state index is 12.3. The van der Waals surface area contributed by atoms with Gasteiger partial charge in [0.25, 0.3) is 0 Å². The second-order valence-corrected chi connectivity index (χ2v) is 9.01. The van der Waals surface area contributed by atoms with Crippen LogP contribution in [0.25, 0.3) is 0 Å². The van der Waals surface area contributed by atoms with Crippen molar-refractivity contribution in [2.45, 2.75) is 26.9 Å². The zero-order valence-corrected chi connectivity index (χ0v) is 19.3. The Labute approximate surface area is 193 Å². The van der Waals surface area contributed by atoms with Gasteiger partial charge in [0.05, 0.1) is 23.0 Å². The monoisotopic (exact) mass is 445 g/mol. The largest absolute Gasteiger partial charge is 0.297 e. The van der Waals surface area contributed by atoms with Crippen LogP contribution in [0.5, 0.6) is 0 Å². The first-order valence-electron chi connectivity index (χ1n) is 10.8. The molecule has 4 rings (SSSR count). The average molecular weight is 446 g/mol. The van der Waals surface area contributed by atoms with Crippen molar-refractivity contribution < 1.29 is 4.79 Å². The molecule has 1 saturated heterocycles. The van der Waals surface area contributed by atoms with Crippen molar-refractivity contribution in [3.05, 3.63) is 76.3 Å². The zero-order chi connectivity index (χ0) is 22.5. The lowest BCUT2D eigenvalue weighted by atomic mass is 10.1. The Morgan fingerprint density at radius 2 is 1.66 bits per heavy atom. The molecule has 0 aliphatic carbocycles. The number of nitriles is 1. The van der Waals surface area contributed by atoms with E-state index in [2.05, 4.69) is 21.2 Å². The van der Waals surface area contributed by atoms with Crippen molar-refractivity contribution in [1.82, 2.24) is 14.8 Å². The van der Waals surface area contributed by atoms with E-state index < -0.39 is 0 Å². The molecule has 1 amide bonds. The second kappa shape index (κ2) is 10.0. The molecule has 0 atom stereocenters. The van der Waals surface area contributed by atoms with E-state index in [0.29, 0.717) is 5.56 Å². The third-order valence-corrected chi connectivity index (χ3v) is 6.55. The molecule has 0 radical (unpaired) electrons. The van der Waals surface area contributed by atoms with Gasteiger partial charge in [0.2, 0.25) is 5.91 Å². The van der Waals surface area contributed by atoms with Gasteiger partial charge in [0.15, 0.2) is 5.13 Å². The fraction of sp³-hybridized carbons (Fsp3) is 0.320. The van der Waals surface area contributed by atoms with E-state index >= 15 is 0 Å². The first-order chi connectivity index (χ1) is 15.5. The fourth-order valence-electron chi connectivity index (χ4n) is 3.87. The zero-order valence-electron chi connectivity index (χ0n) is 18.5. The minimum atomic E-state index is -0.0360. The third-order valence-electron chi connectivity index (χ3n) is 5.68. The van der Waals surface area contributed by atoms with Crippen LogP contribution in [0.15, 0.2) is 53.9 Å². The normalized spacial score (nSPS) is 14.8. The first-order valence-corrected chi connectivity index (χ1v) is 11.7. The summed E-state index contributed by atoms with van der Waals surface area (Å²) in [5.41, 5.74) is 4.95. The quantitative estimate of drug-likeness (QED) is 0.565. The molecule has 1 fully saturated rings. The van der Waals surface area contributed by atoms with Gasteiger partial charge >= 0.3 is 0 Å². The SMILES string of the molecule is CC(=O)N(c1ccc(C)cc1)c1nc(CN2CCN(Cc3ccc(C#N)cc3)CC2)cs1. The highest BCUT2D eigenvalue weighted by Gasteiger charge is 2.21. The van der Waals surface area contributed by atoms with Crippen LogP contribution < -0.4 is 4.90 Å². The summed E-state index contributed by atoms with van der Waals surface area (Å²) in [6.45, 7) is 9.28. The smallest absolute Gasteiger partial charge is 0.230 e. The Kier molecular flexibility index (Phi) is 6.96. The van der Waals surface area contributed by atoms with Crippen molar-refractivity contribution in [2.24, 2.45) is 0 Å². The van der Waals surface area contributed by atoms with Gasteiger partial charge in [-0.1, -0.05) is 29.8 Å². The Hall–Kier alpha value is -3.05. The van der Waals surface area contributed by atoms with Crippen LogP contribution in [0.1, 0.15) is 29.3 Å². The predicted octanol–water partition coefficient (Wildman–Crippen LogP) is 4.33. The molecule has 1 aromatic heterocycles. The molecule has 7 heteroatoms. The van der Waals surface area contributed by atoms with Gasteiger partial charge < -0.3 is 0 Å². The topological polar surface area (TPSA) is 63.5 Å². The molecule has 0 bridgehead atoms. The number of nitrogens with zero attached hydrogens (tertiary/aromatic N) is 5. The lowest BCUT2D eigenvalue weighted by molar-refractivity contribution is -0.115. The molecule has 2 aromatic carbocycles. The number of aryl methyl sites for hydroxylation is 1. The molecular formula is C25H27N5OS. The van der Waals surface area contributed by atoms with Crippen LogP contribution in [0.2, 0.25) is 0 Å². The number of rotatable bonds is 6. The maximum Gasteiger partial charge on any atom is 0.230 e. The van der Waals surface area contributed by atoms with E-state index in [1.54, 1.807) is 11.8 Å². The highest BCUT2D eigenvalue weighted by Crippen LogP contribution is 2.29. The molecule has 1 aliphatic rings. The second-order valence-electron chi connectivity index (χ2n) is 8.17. The predicted molar refractivity (Wildman–Crippen MR) is 128 cm³/mol. The molecule has 0 spiro atoms. The van der Waals surface area contributed by atoms with Gasteiger partial charge in [0.1, 0.15) is 0 Å². The average Bonchev–Trinajstić information content (AvgIpc) is 3.24. The van der Waals surface area contributed by atoms with E-state index in [1.165, 1.54) is 16.9 Å². The number of hydrogen-bond donors (Lipinski definition) is 0. The summed E-state index contributed by atoms with van der Waals surface area (Å²) in [4.78, 5) is 23.6. The summed E-state index contributed by atoms with van der Waals surface area (Å²) < 4.78 is 0. The number of piperazine rings is 1. The number of anilines is 2. The van der Waals surface area contributed by atoms with Gasteiger partial charge in [0, 0.05) is 51.6 Å². The standard InChI is InChI=1S/C25H27N5OS/c1-19-3-9-24(10-4-19)30(20(2)31)25-27-23(18-32-25)17-29-13-11-28(12-14-29)16-22-7-5-21(15-26)6-8-22/h3-10,18H,11-14,16-17H2,1-2H3. The number of benzene rings is 2. The highest BCUT2D eigenvalue weighted by molar-refractivity contribution is 7.14. The van der Waals surface area contributed by atoms with E-state index in [9.17, 15) is 4.79 Å². The maximum atomic E-state index is 12.3. The van der Waals surface area contributed by atoms with Gasteiger partial charge in [-0.05, 0) is 36.8 Å². The molecule has 3 aromatic rings. The summed E-state index contributed by atoms with van der Waals surface area (Å²) in [6, 6.07) is 18.0. The van der Waals surface area contributed by atoms with Gasteiger partial charge in [-0.3, -0.25) is 19.5 Å². The number of carbonyl (C=O) groups excluding carboxylic acids is 1. The Morgan fingerprint density at radius 3 is 2.25 bits per heavy atom. The van der Waals surface area contributed by atoms with Crippen LogP contribution in [0, 0.1) is 18.3 Å². The molecule has 164 valence electrons. The van der Waals surface area contributed by atoms with Crippen molar-refractivity contribution >= 4 is 28.1 Å². The van der Waals surface area contributed by atoms with Crippen molar-refractivity contribution in [3.8, 4) is 6.07 Å². The van der Waals surface area contributed by atoms with Crippen LogP contribution in [0.3, 0.4) is 0 Å². The van der Waals surface area contributed by atoms with Crippen molar-refractivity contribution in [3.63, 3.8) is 0 Å². The van der Waals surface area contributed by atoms with Crippen LogP contribution in [-0.4, -0.2) is 46.9 Å². The lowest BCUT2D eigenvalue weighted by Crippen LogP contribution is -2.45. The minimum absolute atomic E-state index is 0.0360. The van der Waals surface area contributed by atoms with E-state index in [-0.39, 0.29) is 5.91 Å². The Bertz CT molecular complexity index is 1090. The van der Waals surface area contributed by atoms with Gasteiger partial charge in [-0.2, -0.15) is 5.26 Å². The van der Waals surface area contributed by atoms with Crippen LogP contribution in [0.4, 0.5) is 10.8 Å². The van der Waals surface area contributed by atoms with E-state index in [0.717, 1.165) is 61.3 Å². The Morgan fingerprint density at radius 1 is 1.03 bits per heavy atom.